The number of benzene rings is 2. The summed E-state index contributed by atoms with van der Waals surface area (Å²) in [6.07, 6.45) is 1.38. The Morgan fingerprint density at radius 2 is 1.82 bits per heavy atom. The van der Waals surface area contributed by atoms with Crippen molar-refractivity contribution in [3.05, 3.63) is 76.7 Å². The molecule has 110 valence electrons. The molecule has 0 aliphatic rings. The van der Waals surface area contributed by atoms with Gasteiger partial charge >= 0.3 is 0 Å². The van der Waals surface area contributed by atoms with Crippen LogP contribution in [0.4, 0.5) is 10.2 Å². The molecule has 3 aromatic rings. The SMILES string of the molecule is Nc1c(C(=O)c2ccc(F)cc2)cnn1-c1ccccc1Cl. The number of rotatable bonds is 3. The molecule has 3 rings (SSSR count). The maximum Gasteiger partial charge on any atom is 0.198 e. The van der Waals surface area contributed by atoms with Crippen LogP contribution in [0, 0.1) is 5.82 Å². The number of ketones is 1. The lowest BCUT2D eigenvalue weighted by atomic mass is 10.1. The van der Waals surface area contributed by atoms with Crippen LogP contribution in [0.2, 0.25) is 5.02 Å². The van der Waals surface area contributed by atoms with Gasteiger partial charge in [-0.15, -0.1) is 0 Å². The van der Waals surface area contributed by atoms with E-state index in [1.54, 1.807) is 24.3 Å². The van der Waals surface area contributed by atoms with Gasteiger partial charge in [-0.3, -0.25) is 4.79 Å². The Hall–Kier alpha value is -2.66. The zero-order chi connectivity index (χ0) is 15.7. The molecule has 0 radical (unpaired) electrons. The average molecular weight is 316 g/mol. The molecule has 0 unspecified atom stereocenters. The number of carbonyl (C=O) groups is 1. The van der Waals surface area contributed by atoms with Gasteiger partial charge in [0.2, 0.25) is 0 Å². The number of hydrogen-bond acceptors (Lipinski definition) is 3. The normalized spacial score (nSPS) is 10.6. The summed E-state index contributed by atoms with van der Waals surface area (Å²) >= 11 is 6.11. The van der Waals surface area contributed by atoms with Crippen molar-refractivity contribution in [2.24, 2.45) is 0 Å². The van der Waals surface area contributed by atoms with E-state index in [2.05, 4.69) is 5.10 Å². The van der Waals surface area contributed by atoms with Crippen LogP contribution in [0.5, 0.6) is 0 Å². The number of hydrogen-bond donors (Lipinski definition) is 1. The van der Waals surface area contributed by atoms with E-state index in [9.17, 15) is 9.18 Å². The zero-order valence-electron chi connectivity index (χ0n) is 11.3. The van der Waals surface area contributed by atoms with Crippen molar-refractivity contribution in [1.29, 1.82) is 0 Å². The first kappa shape index (κ1) is 14.3. The molecule has 0 bridgehead atoms. The molecule has 0 saturated carbocycles. The highest BCUT2D eigenvalue weighted by molar-refractivity contribution is 6.32. The summed E-state index contributed by atoms with van der Waals surface area (Å²) in [4.78, 5) is 12.4. The fourth-order valence-electron chi connectivity index (χ4n) is 2.11. The molecule has 1 heterocycles. The third kappa shape index (κ3) is 2.46. The van der Waals surface area contributed by atoms with Gasteiger partial charge in [0.15, 0.2) is 5.78 Å². The largest absolute Gasteiger partial charge is 0.383 e. The Morgan fingerprint density at radius 1 is 1.14 bits per heavy atom. The molecule has 0 spiro atoms. The smallest absolute Gasteiger partial charge is 0.198 e. The zero-order valence-corrected chi connectivity index (χ0v) is 12.1. The number of aromatic nitrogens is 2. The number of nitrogens with zero attached hydrogens (tertiary/aromatic N) is 2. The number of nitrogen functional groups attached to an aromatic ring is 1. The summed E-state index contributed by atoms with van der Waals surface area (Å²) in [6, 6.07) is 12.3. The van der Waals surface area contributed by atoms with Gasteiger partial charge in [0.25, 0.3) is 0 Å². The molecule has 0 saturated heterocycles. The third-order valence-corrected chi connectivity index (χ3v) is 3.56. The molecule has 4 nitrogen and oxygen atoms in total. The van der Waals surface area contributed by atoms with Crippen molar-refractivity contribution in [2.45, 2.75) is 0 Å². The number of halogens is 2. The highest BCUT2D eigenvalue weighted by Crippen LogP contribution is 2.25. The summed E-state index contributed by atoms with van der Waals surface area (Å²) in [5.74, 6) is -0.547. The van der Waals surface area contributed by atoms with Crippen molar-refractivity contribution in [2.75, 3.05) is 5.73 Å². The quantitative estimate of drug-likeness (QED) is 0.753. The highest BCUT2D eigenvalue weighted by Gasteiger charge is 2.18. The Kier molecular flexibility index (Phi) is 3.65. The fraction of sp³-hybridized carbons (Fsp3) is 0. The molecule has 22 heavy (non-hydrogen) atoms. The van der Waals surface area contributed by atoms with Crippen LogP contribution in [0.15, 0.2) is 54.7 Å². The maximum atomic E-state index is 12.9. The van der Waals surface area contributed by atoms with Crippen LogP contribution in [0.25, 0.3) is 5.69 Å². The molecule has 0 aliphatic heterocycles. The van der Waals surface area contributed by atoms with Gasteiger partial charge in [-0.25, -0.2) is 9.07 Å². The Balaban J connectivity index is 2.02. The fourth-order valence-corrected chi connectivity index (χ4v) is 2.32. The lowest BCUT2D eigenvalue weighted by Gasteiger charge is -2.06. The molecule has 2 N–H and O–H groups in total. The Bertz CT molecular complexity index is 843. The molecule has 1 aromatic heterocycles. The van der Waals surface area contributed by atoms with Gasteiger partial charge < -0.3 is 5.73 Å². The van der Waals surface area contributed by atoms with E-state index >= 15 is 0 Å². The molecule has 0 atom stereocenters. The van der Waals surface area contributed by atoms with Crippen LogP contribution in [-0.2, 0) is 0 Å². The van der Waals surface area contributed by atoms with Crippen molar-refractivity contribution in [1.82, 2.24) is 9.78 Å². The van der Waals surface area contributed by atoms with E-state index in [1.807, 2.05) is 0 Å². The number of carbonyl (C=O) groups excluding carboxylic acids is 1. The van der Waals surface area contributed by atoms with E-state index in [-0.39, 0.29) is 17.2 Å². The lowest BCUT2D eigenvalue weighted by molar-refractivity contribution is 0.103. The standard InChI is InChI=1S/C16H11ClFN3O/c17-13-3-1-2-4-14(13)21-16(19)12(9-20-21)15(22)10-5-7-11(18)8-6-10/h1-9H,19H2. The second-order valence-electron chi connectivity index (χ2n) is 4.64. The molecule has 0 aliphatic carbocycles. The lowest BCUT2D eigenvalue weighted by Crippen LogP contribution is -2.07. The van der Waals surface area contributed by atoms with Crippen LogP contribution in [-0.4, -0.2) is 15.6 Å². The van der Waals surface area contributed by atoms with Crippen molar-refractivity contribution in [3.63, 3.8) is 0 Å². The topological polar surface area (TPSA) is 60.9 Å². The maximum absolute atomic E-state index is 12.9. The molecule has 0 fully saturated rings. The van der Waals surface area contributed by atoms with Gasteiger partial charge in [0, 0.05) is 5.56 Å². The number of anilines is 1. The Labute approximate surface area is 130 Å². The van der Waals surface area contributed by atoms with Crippen LogP contribution >= 0.6 is 11.6 Å². The minimum absolute atomic E-state index is 0.183. The molecule has 6 heteroatoms. The van der Waals surface area contributed by atoms with Gasteiger partial charge in [-0.1, -0.05) is 23.7 Å². The third-order valence-electron chi connectivity index (χ3n) is 3.24. The first-order chi connectivity index (χ1) is 10.6. The summed E-state index contributed by atoms with van der Waals surface area (Å²) < 4.78 is 14.3. The second kappa shape index (κ2) is 5.61. The number of para-hydroxylation sites is 1. The van der Waals surface area contributed by atoms with Gasteiger partial charge in [-0.2, -0.15) is 5.10 Å². The first-order valence-electron chi connectivity index (χ1n) is 6.46. The molecule has 0 amide bonds. The molecular weight excluding hydrogens is 305 g/mol. The predicted octanol–water partition coefficient (Wildman–Crippen LogP) is 3.48. The van der Waals surface area contributed by atoms with Crippen molar-refractivity contribution >= 4 is 23.2 Å². The minimum Gasteiger partial charge on any atom is -0.383 e. The number of nitrogens with two attached hydrogens (primary N) is 1. The van der Waals surface area contributed by atoms with Crippen LogP contribution in [0.3, 0.4) is 0 Å². The Morgan fingerprint density at radius 3 is 2.50 bits per heavy atom. The average Bonchev–Trinajstić information content (AvgIpc) is 2.89. The van der Waals surface area contributed by atoms with Crippen LogP contribution in [0.1, 0.15) is 15.9 Å². The molecular formula is C16H11ClFN3O. The first-order valence-corrected chi connectivity index (χ1v) is 6.84. The van der Waals surface area contributed by atoms with Gasteiger partial charge in [0.05, 0.1) is 22.5 Å². The monoisotopic (exact) mass is 315 g/mol. The van der Waals surface area contributed by atoms with Crippen molar-refractivity contribution in [3.8, 4) is 5.69 Å². The summed E-state index contributed by atoms with van der Waals surface area (Å²) in [6.45, 7) is 0. The van der Waals surface area contributed by atoms with Crippen molar-refractivity contribution < 1.29 is 9.18 Å². The predicted molar refractivity (Wildman–Crippen MR) is 82.8 cm³/mol. The summed E-state index contributed by atoms with van der Waals surface area (Å²) in [5.41, 5.74) is 7.18. The van der Waals surface area contributed by atoms with E-state index in [1.165, 1.54) is 35.1 Å². The van der Waals surface area contributed by atoms with Gasteiger partial charge in [-0.05, 0) is 36.4 Å². The van der Waals surface area contributed by atoms with E-state index in [0.29, 0.717) is 16.3 Å². The highest BCUT2D eigenvalue weighted by atomic mass is 35.5. The molecule has 2 aromatic carbocycles. The van der Waals surface area contributed by atoms with E-state index < -0.39 is 5.82 Å². The van der Waals surface area contributed by atoms with Gasteiger partial charge in [0.1, 0.15) is 11.6 Å². The minimum atomic E-state index is -0.406. The summed E-state index contributed by atoms with van der Waals surface area (Å²) in [7, 11) is 0. The van der Waals surface area contributed by atoms with Crippen LogP contribution < -0.4 is 5.73 Å². The summed E-state index contributed by atoms with van der Waals surface area (Å²) in [5, 5.41) is 4.59. The second-order valence-corrected chi connectivity index (χ2v) is 5.05. The van der Waals surface area contributed by atoms with E-state index in [0.717, 1.165) is 0 Å². The van der Waals surface area contributed by atoms with E-state index in [4.69, 9.17) is 17.3 Å².